The normalized spacial score (nSPS) is 11.8. The average molecular weight is 395 g/mol. The summed E-state index contributed by atoms with van der Waals surface area (Å²) < 4.78 is 67.8. The molecule has 1 heterocycles. The van der Waals surface area contributed by atoms with Crippen molar-refractivity contribution in [2.24, 2.45) is 0 Å². The van der Waals surface area contributed by atoms with Crippen molar-refractivity contribution in [2.75, 3.05) is 6.61 Å². The van der Waals surface area contributed by atoms with Crippen molar-refractivity contribution in [3.05, 3.63) is 26.6 Å². The van der Waals surface area contributed by atoms with Gasteiger partial charge in [-0.1, -0.05) is 0 Å². The largest absolute Gasteiger partial charge is 0.462 e. The quantitative estimate of drug-likeness (QED) is 0.338. The van der Waals surface area contributed by atoms with Crippen molar-refractivity contribution < 1.29 is 31.5 Å². The fourth-order valence-corrected chi connectivity index (χ4v) is 2.06. The van der Waals surface area contributed by atoms with Crippen LogP contribution in [0.25, 0.3) is 0 Å². The Balaban J connectivity index is 3.60. The van der Waals surface area contributed by atoms with E-state index in [9.17, 15) is 26.7 Å². The van der Waals surface area contributed by atoms with Crippen LogP contribution in [0.4, 0.5) is 22.0 Å². The van der Waals surface area contributed by atoms with Crippen LogP contribution in [0.2, 0.25) is 0 Å². The summed E-state index contributed by atoms with van der Waals surface area (Å²) >= 11 is 1.23. The van der Waals surface area contributed by atoms with Crippen molar-refractivity contribution in [2.45, 2.75) is 19.5 Å². The molecule has 0 aliphatic rings. The second kappa shape index (κ2) is 5.97. The Labute approximate surface area is 118 Å². The average Bonchev–Trinajstić information content (AvgIpc) is 2.26. The van der Waals surface area contributed by atoms with E-state index < -0.39 is 39.0 Å². The lowest BCUT2D eigenvalue weighted by atomic mass is 10.0. The first kappa shape index (κ1) is 16.1. The molecule has 9 heteroatoms. The molecule has 106 valence electrons. The second-order valence-corrected chi connectivity index (χ2v) is 4.30. The standard InChI is InChI=1S/C10H7F5INO2/c1-2-19-9(18)5-4(7(11)12)3-17-8(16)6(5)10(13,14)15/h3,7H,2H2,1H3. The summed E-state index contributed by atoms with van der Waals surface area (Å²) in [5.41, 5.74) is -3.76. The first-order valence-corrected chi connectivity index (χ1v) is 5.98. The molecule has 0 bridgehead atoms. The van der Waals surface area contributed by atoms with E-state index >= 15 is 0 Å². The smallest absolute Gasteiger partial charge is 0.419 e. The van der Waals surface area contributed by atoms with Gasteiger partial charge in [0.05, 0.1) is 17.7 Å². The van der Waals surface area contributed by atoms with Crippen LogP contribution in [0, 0.1) is 3.70 Å². The highest BCUT2D eigenvalue weighted by molar-refractivity contribution is 14.1. The van der Waals surface area contributed by atoms with Gasteiger partial charge in [-0.2, -0.15) is 13.2 Å². The molecule has 1 aromatic rings. The third-order valence-electron chi connectivity index (χ3n) is 2.06. The molecule has 0 aromatic carbocycles. The van der Waals surface area contributed by atoms with E-state index in [2.05, 4.69) is 9.72 Å². The monoisotopic (exact) mass is 395 g/mol. The molecule has 0 aliphatic carbocycles. The van der Waals surface area contributed by atoms with Gasteiger partial charge in [0.15, 0.2) is 0 Å². The summed E-state index contributed by atoms with van der Waals surface area (Å²) in [5, 5.41) is 0. The van der Waals surface area contributed by atoms with Gasteiger partial charge in [0.1, 0.15) is 9.26 Å². The number of carbonyl (C=O) groups is 1. The molecule has 0 spiro atoms. The predicted octanol–water partition coefficient (Wildman–Crippen LogP) is 3.82. The summed E-state index contributed by atoms with van der Waals surface area (Å²) in [6, 6.07) is 0. The van der Waals surface area contributed by atoms with Crippen molar-refractivity contribution in [1.29, 1.82) is 0 Å². The molecule has 0 amide bonds. The molecule has 0 N–H and O–H groups in total. The third kappa shape index (κ3) is 3.51. The van der Waals surface area contributed by atoms with Gasteiger partial charge in [0, 0.05) is 6.20 Å². The van der Waals surface area contributed by atoms with E-state index in [0.29, 0.717) is 6.20 Å². The summed E-state index contributed by atoms with van der Waals surface area (Å²) in [7, 11) is 0. The van der Waals surface area contributed by atoms with Gasteiger partial charge < -0.3 is 4.74 Å². The van der Waals surface area contributed by atoms with Crippen LogP contribution in [0.3, 0.4) is 0 Å². The second-order valence-electron chi connectivity index (χ2n) is 3.27. The number of carbonyl (C=O) groups excluding carboxylic acids is 1. The van der Waals surface area contributed by atoms with E-state index in [1.165, 1.54) is 29.5 Å². The van der Waals surface area contributed by atoms with Crippen molar-refractivity contribution >= 4 is 28.6 Å². The summed E-state index contributed by atoms with van der Waals surface area (Å²) in [5.74, 6) is -1.44. The van der Waals surface area contributed by atoms with Gasteiger partial charge in [-0.15, -0.1) is 0 Å². The molecule has 0 saturated heterocycles. The minimum atomic E-state index is -4.98. The number of aromatic nitrogens is 1. The number of rotatable bonds is 3. The minimum absolute atomic E-state index is 0.224. The van der Waals surface area contributed by atoms with Crippen LogP contribution in [0.1, 0.15) is 34.8 Å². The van der Waals surface area contributed by atoms with Gasteiger partial charge in [-0.3, -0.25) is 0 Å². The molecule has 0 atom stereocenters. The molecule has 3 nitrogen and oxygen atoms in total. The Morgan fingerprint density at radius 3 is 2.47 bits per heavy atom. The van der Waals surface area contributed by atoms with Gasteiger partial charge in [0.2, 0.25) is 0 Å². The topological polar surface area (TPSA) is 39.2 Å². The maximum atomic E-state index is 12.9. The van der Waals surface area contributed by atoms with Gasteiger partial charge in [-0.25, -0.2) is 18.6 Å². The summed E-state index contributed by atoms with van der Waals surface area (Å²) in [4.78, 5) is 14.8. The lowest BCUT2D eigenvalue weighted by Crippen LogP contribution is -2.20. The summed E-state index contributed by atoms with van der Waals surface area (Å²) in [6.07, 6.45) is -7.69. The first-order valence-electron chi connectivity index (χ1n) is 4.91. The van der Waals surface area contributed by atoms with Crippen molar-refractivity contribution in [1.82, 2.24) is 4.98 Å². The zero-order valence-corrected chi connectivity index (χ0v) is 11.6. The van der Waals surface area contributed by atoms with Gasteiger partial charge in [0.25, 0.3) is 6.43 Å². The number of hydrogen-bond donors (Lipinski definition) is 0. The maximum absolute atomic E-state index is 12.9. The van der Waals surface area contributed by atoms with Crippen LogP contribution < -0.4 is 0 Å². The molecule has 1 rings (SSSR count). The molecule has 0 saturated carbocycles. The van der Waals surface area contributed by atoms with E-state index in [1.54, 1.807) is 0 Å². The Morgan fingerprint density at radius 2 is 2.05 bits per heavy atom. The highest BCUT2D eigenvalue weighted by atomic mass is 127. The summed E-state index contributed by atoms with van der Waals surface area (Å²) in [6.45, 7) is 1.14. The third-order valence-corrected chi connectivity index (χ3v) is 2.88. The first-order chi connectivity index (χ1) is 8.70. The fraction of sp³-hybridized carbons (Fsp3) is 0.400. The highest BCUT2D eigenvalue weighted by Crippen LogP contribution is 2.38. The number of pyridine rings is 1. The number of alkyl halides is 5. The van der Waals surface area contributed by atoms with Crippen LogP contribution in [0.15, 0.2) is 6.20 Å². The molecule has 19 heavy (non-hydrogen) atoms. The molecule has 0 fully saturated rings. The molecule has 0 radical (unpaired) electrons. The number of nitrogens with zero attached hydrogens (tertiary/aromatic N) is 1. The SMILES string of the molecule is CCOC(=O)c1c(C(F)F)cnc(I)c1C(F)(F)F. The predicted molar refractivity (Wildman–Crippen MR) is 62.9 cm³/mol. The van der Waals surface area contributed by atoms with Crippen LogP contribution in [-0.4, -0.2) is 17.6 Å². The Morgan fingerprint density at radius 1 is 1.47 bits per heavy atom. The minimum Gasteiger partial charge on any atom is -0.462 e. The van der Waals surface area contributed by atoms with Crippen LogP contribution >= 0.6 is 22.6 Å². The maximum Gasteiger partial charge on any atom is 0.419 e. The number of hydrogen-bond acceptors (Lipinski definition) is 3. The molecular formula is C10H7F5INO2. The fourth-order valence-electron chi connectivity index (χ4n) is 1.35. The number of ether oxygens (including phenoxy) is 1. The number of esters is 1. The lowest BCUT2D eigenvalue weighted by Gasteiger charge is -2.16. The lowest BCUT2D eigenvalue weighted by molar-refractivity contribution is -0.139. The Bertz CT molecular complexity index is 490. The zero-order valence-electron chi connectivity index (χ0n) is 9.39. The van der Waals surface area contributed by atoms with E-state index in [-0.39, 0.29) is 6.61 Å². The Hall–Kier alpha value is -1.00. The van der Waals surface area contributed by atoms with Crippen molar-refractivity contribution in [3.63, 3.8) is 0 Å². The van der Waals surface area contributed by atoms with Gasteiger partial charge in [-0.05, 0) is 29.5 Å². The Kier molecular flexibility index (Phi) is 5.04. The number of halogens is 6. The molecular weight excluding hydrogens is 388 g/mol. The van der Waals surface area contributed by atoms with E-state index in [4.69, 9.17) is 0 Å². The molecule has 0 unspecified atom stereocenters. The molecule has 1 aromatic heterocycles. The van der Waals surface area contributed by atoms with Crippen LogP contribution in [-0.2, 0) is 10.9 Å². The highest BCUT2D eigenvalue weighted by Gasteiger charge is 2.41. The van der Waals surface area contributed by atoms with Crippen molar-refractivity contribution in [3.8, 4) is 0 Å². The molecule has 0 aliphatic heterocycles. The van der Waals surface area contributed by atoms with E-state index in [0.717, 1.165) is 0 Å². The zero-order chi connectivity index (χ0) is 14.8. The van der Waals surface area contributed by atoms with Gasteiger partial charge >= 0.3 is 12.1 Å². The van der Waals surface area contributed by atoms with Crippen LogP contribution in [0.5, 0.6) is 0 Å². The van der Waals surface area contributed by atoms with E-state index in [1.807, 2.05) is 0 Å².